The van der Waals surface area contributed by atoms with Gasteiger partial charge in [0.15, 0.2) is 20.5 Å². The molecule has 15 heteroatoms. The lowest BCUT2D eigenvalue weighted by atomic mass is 9.81. The first-order chi connectivity index (χ1) is 19.1. The van der Waals surface area contributed by atoms with Gasteiger partial charge < -0.3 is 4.90 Å². The predicted octanol–water partition coefficient (Wildman–Crippen LogP) is 6.45. The average Bonchev–Trinajstić information content (AvgIpc) is 3.34. The standard InChI is InChI=1S/C27H23F7N4O3S/c1-13-8-17(28)6-7-18(13)20-19-12-35-37-22(19)36-23(42(5,40)41)21(20)38(4)24(39)25(2,3)14-9-15(26(29,30)31)11-16(10-14)27(32,33)34/h6-12H,1-5H3,(H,35,36,37). The molecule has 1 amide bonds. The lowest BCUT2D eigenvalue weighted by Gasteiger charge is -2.32. The number of fused-ring (bicyclic) bond motifs is 1. The van der Waals surface area contributed by atoms with E-state index in [1.54, 1.807) is 0 Å². The van der Waals surface area contributed by atoms with Crippen molar-refractivity contribution in [2.24, 2.45) is 0 Å². The number of carbonyl (C=O) groups is 1. The summed E-state index contributed by atoms with van der Waals surface area (Å²) >= 11 is 0. The molecule has 1 N–H and O–H groups in total. The number of carbonyl (C=O) groups excluding carboxylic acids is 1. The van der Waals surface area contributed by atoms with Crippen LogP contribution >= 0.6 is 0 Å². The van der Waals surface area contributed by atoms with Crippen LogP contribution in [-0.2, 0) is 32.4 Å². The highest BCUT2D eigenvalue weighted by molar-refractivity contribution is 7.90. The molecule has 2 aromatic carbocycles. The summed E-state index contributed by atoms with van der Waals surface area (Å²) in [6.07, 6.45) is -8.21. The highest BCUT2D eigenvalue weighted by Gasteiger charge is 2.42. The van der Waals surface area contributed by atoms with E-state index >= 15 is 0 Å². The topological polar surface area (TPSA) is 96.0 Å². The Bertz CT molecular complexity index is 1800. The fourth-order valence-corrected chi connectivity index (χ4v) is 5.49. The molecular weight excluding hydrogens is 593 g/mol. The van der Waals surface area contributed by atoms with Crippen molar-refractivity contribution in [2.75, 3.05) is 18.2 Å². The zero-order valence-corrected chi connectivity index (χ0v) is 23.5. The van der Waals surface area contributed by atoms with Gasteiger partial charge in [0, 0.05) is 24.3 Å². The van der Waals surface area contributed by atoms with Crippen LogP contribution in [0.15, 0.2) is 47.6 Å². The van der Waals surface area contributed by atoms with E-state index in [0.717, 1.165) is 38.1 Å². The maximum Gasteiger partial charge on any atom is 0.416 e. The summed E-state index contributed by atoms with van der Waals surface area (Å²) in [5.41, 5.74) is -5.51. The van der Waals surface area contributed by atoms with E-state index in [4.69, 9.17) is 0 Å². The lowest BCUT2D eigenvalue weighted by Crippen LogP contribution is -2.42. The van der Waals surface area contributed by atoms with Crippen molar-refractivity contribution in [3.63, 3.8) is 0 Å². The number of aryl methyl sites for hydroxylation is 1. The summed E-state index contributed by atoms with van der Waals surface area (Å²) in [7, 11) is -3.09. The summed E-state index contributed by atoms with van der Waals surface area (Å²) in [4.78, 5) is 19.0. The smallest absolute Gasteiger partial charge is 0.312 e. The largest absolute Gasteiger partial charge is 0.416 e. The number of pyridine rings is 1. The molecule has 0 aliphatic carbocycles. The number of anilines is 1. The number of likely N-dealkylation sites (N-methyl/N-ethyl adjacent to an activating group) is 1. The van der Waals surface area contributed by atoms with Gasteiger partial charge in [-0.2, -0.15) is 31.4 Å². The zero-order chi connectivity index (χ0) is 31.6. The van der Waals surface area contributed by atoms with E-state index in [-0.39, 0.29) is 33.9 Å². The van der Waals surface area contributed by atoms with Crippen molar-refractivity contribution in [2.45, 2.75) is 43.6 Å². The number of aromatic amines is 1. The molecule has 0 radical (unpaired) electrons. The molecule has 0 atom stereocenters. The van der Waals surface area contributed by atoms with Crippen LogP contribution in [0.1, 0.15) is 36.1 Å². The Balaban J connectivity index is 2.02. The molecule has 0 spiro atoms. The third-order valence-corrected chi connectivity index (χ3v) is 7.82. The number of nitrogens with zero attached hydrogens (tertiary/aromatic N) is 3. The molecule has 2 heterocycles. The van der Waals surface area contributed by atoms with Gasteiger partial charge in [0.25, 0.3) is 0 Å². The molecule has 7 nitrogen and oxygen atoms in total. The number of rotatable bonds is 5. The molecular formula is C27H23F7N4O3S. The minimum absolute atomic E-state index is 0.00528. The number of sulfone groups is 1. The molecule has 0 saturated carbocycles. The van der Waals surface area contributed by atoms with Gasteiger partial charge in [0.05, 0.1) is 28.4 Å². The molecule has 4 rings (SSSR count). The van der Waals surface area contributed by atoms with Gasteiger partial charge in [-0.15, -0.1) is 0 Å². The van der Waals surface area contributed by atoms with Gasteiger partial charge in [0.1, 0.15) is 5.82 Å². The summed E-state index contributed by atoms with van der Waals surface area (Å²) in [5, 5.41) is 6.05. The fourth-order valence-electron chi connectivity index (χ4n) is 4.65. The van der Waals surface area contributed by atoms with Crippen molar-refractivity contribution in [3.8, 4) is 11.1 Å². The predicted molar refractivity (Wildman–Crippen MR) is 140 cm³/mol. The highest BCUT2D eigenvalue weighted by atomic mass is 32.2. The maximum absolute atomic E-state index is 14.0. The third kappa shape index (κ3) is 5.56. The zero-order valence-electron chi connectivity index (χ0n) is 22.7. The van der Waals surface area contributed by atoms with Crippen LogP contribution < -0.4 is 4.90 Å². The maximum atomic E-state index is 14.0. The Morgan fingerprint density at radius 2 is 1.48 bits per heavy atom. The molecule has 0 unspecified atom stereocenters. The Kier molecular flexibility index (Phi) is 7.41. The van der Waals surface area contributed by atoms with Gasteiger partial charge in [-0.1, -0.05) is 6.07 Å². The van der Waals surface area contributed by atoms with Crippen molar-refractivity contribution in [1.29, 1.82) is 0 Å². The van der Waals surface area contributed by atoms with Crippen LogP contribution in [0, 0.1) is 12.7 Å². The Labute approximate surface area is 235 Å². The van der Waals surface area contributed by atoms with Crippen LogP contribution in [0.4, 0.5) is 36.4 Å². The number of amides is 1. The van der Waals surface area contributed by atoms with E-state index in [9.17, 15) is 43.9 Å². The second-order valence-electron chi connectivity index (χ2n) is 10.3. The van der Waals surface area contributed by atoms with Gasteiger partial charge in [-0.3, -0.25) is 9.89 Å². The number of hydrogen-bond acceptors (Lipinski definition) is 5. The monoisotopic (exact) mass is 616 g/mol. The molecule has 4 aromatic rings. The SMILES string of the molecule is Cc1cc(F)ccc1-c1c(N(C)C(=O)C(C)(C)c2cc(C(F)(F)F)cc(C(F)(F)F)c2)c(S(C)(=O)=O)nc2[nH]ncc12. The molecule has 42 heavy (non-hydrogen) atoms. The van der Waals surface area contributed by atoms with E-state index in [1.807, 2.05) is 0 Å². The normalized spacial score (nSPS) is 13.0. The first-order valence-electron chi connectivity index (χ1n) is 12.1. The van der Waals surface area contributed by atoms with Crippen LogP contribution in [-0.4, -0.2) is 42.8 Å². The highest BCUT2D eigenvalue weighted by Crippen LogP contribution is 2.44. The number of hydrogen-bond donors (Lipinski definition) is 1. The van der Waals surface area contributed by atoms with Gasteiger partial charge >= 0.3 is 12.4 Å². The first-order valence-corrected chi connectivity index (χ1v) is 13.9. The fraction of sp³-hybridized carbons (Fsp3) is 0.296. The van der Waals surface area contributed by atoms with Gasteiger partial charge in [-0.25, -0.2) is 17.8 Å². The van der Waals surface area contributed by atoms with E-state index in [1.165, 1.54) is 25.3 Å². The van der Waals surface area contributed by atoms with Crippen molar-refractivity contribution < 1.29 is 43.9 Å². The van der Waals surface area contributed by atoms with Crippen molar-refractivity contribution in [3.05, 3.63) is 70.7 Å². The minimum Gasteiger partial charge on any atom is -0.312 e. The molecule has 0 aliphatic heterocycles. The van der Waals surface area contributed by atoms with E-state index in [0.29, 0.717) is 17.7 Å². The number of H-pyrrole nitrogens is 1. The molecule has 0 fully saturated rings. The quantitative estimate of drug-likeness (QED) is 0.260. The summed E-state index contributed by atoms with van der Waals surface area (Å²) in [5.74, 6) is -1.65. The first kappa shape index (κ1) is 30.9. The van der Waals surface area contributed by atoms with Crippen molar-refractivity contribution >= 4 is 32.5 Å². The Hall–Kier alpha value is -4.01. The summed E-state index contributed by atoms with van der Waals surface area (Å²) in [6.45, 7) is 3.77. The number of halogens is 7. The van der Waals surface area contributed by atoms with Crippen LogP contribution in [0.2, 0.25) is 0 Å². The summed E-state index contributed by atoms with van der Waals surface area (Å²) < 4.78 is 121. The Morgan fingerprint density at radius 3 is 1.98 bits per heavy atom. The summed E-state index contributed by atoms with van der Waals surface area (Å²) in [6, 6.07) is 4.45. The number of alkyl halides is 6. The third-order valence-electron chi connectivity index (χ3n) is 6.83. The second-order valence-corrected chi connectivity index (χ2v) is 12.2. The molecule has 0 saturated heterocycles. The number of aromatic nitrogens is 3. The Morgan fingerprint density at radius 1 is 0.929 bits per heavy atom. The molecule has 2 aromatic heterocycles. The lowest BCUT2D eigenvalue weighted by molar-refractivity contribution is -0.143. The average molecular weight is 617 g/mol. The molecule has 224 valence electrons. The van der Waals surface area contributed by atoms with Gasteiger partial charge in [0.2, 0.25) is 5.91 Å². The van der Waals surface area contributed by atoms with Crippen LogP contribution in [0.25, 0.3) is 22.2 Å². The second kappa shape index (κ2) is 10.1. The number of benzene rings is 2. The molecule has 0 aliphatic rings. The molecule has 0 bridgehead atoms. The minimum atomic E-state index is -5.16. The van der Waals surface area contributed by atoms with E-state index < -0.39 is 61.0 Å². The van der Waals surface area contributed by atoms with Gasteiger partial charge in [-0.05, 0) is 67.8 Å². The van der Waals surface area contributed by atoms with Crippen molar-refractivity contribution in [1.82, 2.24) is 15.2 Å². The van der Waals surface area contributed by atoms with E-state index in [2.05, 4.69) is 15.2 Å². The van der Waals surface area contributed by atoms with Crippen LogP contribution in [0.3, 0.4) is 0 Å². The number of nitrogens with one attached hydrogen (secondary N) is 1. The van der Waals surface area contributed by atoms with Crippen LogP contribution in [0.5, 0.6) is 0 Å².